The molecule has 0 amide bonds. The molecule has 0 bridgehead atoms. The third-order valence-electron chi connectivity index (χ3n) is 4.12. The summed E-state index contributed by atoms with van der Waals surface area (Å²) in [5.74, 6) is 0. The number of nitrogens with zero attached hydrogens (tertiary/aromatic N) is 1. The van der Waals surface area contributed by atoms with Crippen molar-refractivity contribution in [1.29, 1.82) is 0 Å². The molecular formula is C22H21N. The number of hydrogen-bond donors (Lipinski definition) is 0. The van der Waals surface area contributed by atoms with Gasteiger partial charge in [0, 0.05) is 17.3 Å². The topological polar surface area (TPSA) is 12.9 Å². The molecule has 0 unspecified atom stereocenters. The van der Waals surface area contributed by atoms with Crippen LogP contribution in [0, 0.1) is 0 Å². The second kappa shape index (κ2) is 6.62. The van der Waals surface area contributed by atoms with E-state index in [1.54, 1.807) is 0 Å². The third kappa shape index (κ3) is 3.09. The van der Waals surface area contributed by atoms with Crippen molar-refractivity contribution in [1.82, 2.24) is 4.98 Å². The van der Waals surface area contributed by atoms with Crippen molar-refractivity contribution < 1.29 is 0 Å². The molecule has 0 spiro atoms. The van der Waals surface area contributed by atoms with Gasteiger partial charge in [0.1, 0.15) is 0 Å². The Morgan fingerprint density at radius 3 is 2.35 bits per heavy atom. The molecule has 1 aromatic heterocycles. The van der Waals surface area contributed by atoms with Crippen molar-refractivity contribution in [3.8, 4) is 22.4 Å². The molecule has 0 aliphatic heterocycles. The number of benzene rings is 2. The summed E-state index contributed by atoms with van der Waals surface area (Å²) < 4.78 is 0. The predicted octanol–water partition coefficient (Wildman–Crippen LogP) is 6.01. The minimum Gasteiger partial charge on any atom is -0.256 e. The van der Waals surface area contributed by atoms with Crippen LogP contribution in [0.3, 0.4) is 0 Å². The van der Waals surface area contributed by atoms with Gasteiger partial charge in [0.15, 0.2) is 0 Å². The van der Waals surface area contributed by atoms with Gasteiger partial charge in [-0.15, -0.1) is 0 Å². The molecule has 114 valence electrons. The van der Waals surface area contributed by atoms with Gasteiger partial charge < -0.3 is 0 Å². The van der Waals surface area contributed by atoms with Gasteiger partial charge in [-0.05, 0) is 36.1 Å². The zero-order valence-electron chi connectivity index (χ0n) is 13.7. The Balaban J connectivity index is 2.12. The Bertz CT molecular complexity index is 832. The Kier molecular flexibility index (Phi) is 4.38. The van der Waals surface area contributed by atoms with Crippen molar-refractivity contribution in [2.75, 3.05) is 0 Å². The first-order valence-corrected chi connectivity index (χ1v) is 8.00. The number of aromatic nitrogens is 1. The molecule has 0 radical (unpaired) electrons. The summed E-state index contributed by atoms with van der Waals surface area (Å²) in [6, 6.07) is 21.0. The van der Waals surface area contributed by atoms with Crippen molar-refractivity contribution >= 4 is 5.57 Å². The molecule has 0 N–H and O–H groups in total. The summed E-state index contributed by atoms with van der Waals surface area (Å²) in [7, 11) is 0. The minimum absolute atomic E-state index is 0.981. The summed E-state index contributed by atoms with van der Waals surface area (Å²) in [5.41, 5.74) is 8.13. The monoisotopic (exact) mass is 299 g/mol. The van der Waals surface area contributed by atoms with Gasteiger partial charge in [0.2, 0.25) is 0 Å². The molecule has 1 heterocycles. The first kappa shape index (κ1) is 15.2. The quantitative estimate of drug-likeness (QED) is 0.574. The maximum Gasteiger partial charge on any atom is 0.0711 e. The fourth-order valence-corrected chi connectivity index (χ4v) is 2.89. The molecule has 0 atom stereocenters. The van der Waals surface area contributed by atoms with Crippen LogP contribution in [0.4, 0.5) is 0 Å². The van der Waals surface area contributed by atoms with Gasteiger partial charge in [-0.3, -0.25) is 4.98 Å². The van der Waals surface area contributed by atoms with E-state index in [9.17, 15) is 0 Å². The molecule has 3 rings (SSSR count). The molecule has 0 saturated carbocycles. The van der Waals surface area contributed by atoms with Crippen LogP contribution in [0.2, 0.25) is 0 Å². The lowest BCUT2D eigenvalue weighted by Gasteiger charge is -2.13. The first-order chi connectivity index (χ1) is 11.2. The smallest absolute Gasteiger partial charge is 0.0711 e. The fraction of sp³-hybridized carbons (Fsp3) is 0.136. The molecule has 3 aromatic rings. The van der Waals surface area contributed by atoms with Crippen LogP contribution >= 0.6 is 0 Å². The summed E-state index contributed by atoms with van der Waals surface area (Å²) in [6.45, 7) is 8.32. The largest absolute Gasteiger partial charge is 0.256 e. The second-order valence-electron chi connectivity index (χ2n) is 5.77. The maximum atomic E-state index is 4.74. The normalized spacial score (nSPS) is 10.5. The van der Waals surface area contributed by atoms with Gasteiger partial charge in [-0.2, -0.15) is 0 Å². The summed E-state index contributed by atoms with van der Waals surface area (Å²) in [5, 5.41) is 0. The molecule has 0 fully saturated rings. The fourth-order valence-electron chi connectivity index (χ4n) is 2.89. The van der Waals surface area contributed by atoms with Crippen LogP contribution in [0.1, 0.15) is 25.0 Å². The average Bonchev–Trinajstić information content (AvgIpc) is 2.62. The SMILES string of the molecule is C=C(C)c1ccccc1-c1cc(CC)c(-c2ccccc2)cn1. The molecule has 1 nitrogen and oxygen atoms in total. The third-order valence-corrected chi connectivity index (χ3v) is 4.12. The van der Waals surface area contributed by atoms with Crippen molar-refractivity contribution in [3.05, 3.63) is 84.6 Å². The highest BCUT2D eigenvalue weighted by Crippen LogP contribution is 2.30. The van der Waals surface area contributed by atoms with Crippen molar-refractivity contribution in [2.24, 2.45) is 0 Å². The van der Waals surface area contributed by atoms with E-state index < -0.39 is 0 Å². The lowest BCUT2D eigenvalue weighted by atomic mass is 9.95. The van der Waals surface area contributed by atoms with Gasteiger partial charge in [0.05, 0.1) is 5.69 Å². The van der Waals surface area contributed by atoms with E-state index in [4.69, 9.17) is 4.98 Å². The van der Waals surface area contributed by atoms with Crippen LogP contribution in [-0.2, 0) is 6.42 Å². The van der Waals surface area contributed by atoms with E-state index in [0.717, 1.165) is 28.8 Å². The zero-order valence-corrected chi connectivity index (χ0v) is 13.7. The van der Waals surface area contributed by atoms with Gasteiger partial charge >= 0.3 is 0 Å². The number of rotatable bonds is 4. The first-order valence-electron chi connectivity index (χ1n) is 8.00. The highest BCUT2D eigenvalue weighted by Gasteiger charge is 2.10. The van der Waals surface area contributed by atoms with Crippen LogP contribution in [0.25, 0.3) is 28.0 Å². The second-order valence-corrected chi connectivity index (χ2v) is 5.77. The minimum atomic E-state index is 0.981. The van der Waals surface area contributed by atoms with E-state index >= 15 is 0 Å². The molecular weight excluding hydrogens is 278 g/mol. The number of allylic oxidation sites excluding steroid dienone is 1. The average molecular weight is 299 g/mol. The van der Waals surface area contributed by atoms with Crippen molar-refractivity contribution in [3.63, 3.8) is 0 Å². The van der Waals surface area contributed by atoms with E-state index in [2.05, 4.69) is 62.0 Å². The Morgan fingerprint density at radius 1 is 0.957 bits per heavy atom. The molecule has 0 saturated heterocycles. The van der Waals surface area contributed by atoms with Crippen LogP contribution in [0.5, 0.6) is 0 Å². The van der Waals surface area contributed by atoms with Crippen LogP contribution in [-0.4, -0.2) is 4.98 Å². The van der Waals surface area contributed by atoms with Crippen molar-refractivity contribution in [2.45, 2.75) is 20.3 Å². The van der Waals surface area contributed by atoms with E-state index in [1.165, 1.54) is 16.7 Å². The summed E-state index contributed by atoms with van der Waals surface area (Å²) in [4.78, 5) is 4.74. The lowest BCUT2D eigenvalue weighted by Crippen LogP contribution is -1.94. The standard InChI is InChI=1S/C22H21N/c1-4-17-14-22(20-13-9-8-12-19(20)16(2)3)23-15-21(17)18-10-6-5-7-11-18/h5-15H,2,4H2,1,3H3. The maximum absolute atomic E-state index is 4.74. The summed E-state index contributed by atoms with van der Waals surface area (Å²) >= 11 is 0. The zero-order chi connectivity index (χ0) is 16.2. The van der Waals surface area contributed by atoms with E-state index in [-0.39, 0.29) is 0 Å². The number of aryl methyl sites for hydroxylation is 1. The highest BCUT2D eigenvalue weighted by atomic mass is 14.7. The van der Waals surface area contributed by atoms with Crippen LogP contribution < -0.4 is 0 Å². The van der Waals surface area contributed by atoms with Gasteiger partial charge in [-0.25, -0.2) is 0 Å². The molecule has 0 aliphatic rings. The van der Waals surface area contributed by atoms with Gasteiger partial charge in [0.25, 0.3) is 0 Å². The Labute approximate surface area is 138 Å². The van der Waals surface area contributed by atoms with Gasteiger partial charge in [-0.1, -0.05) is 73.7 Å². The number of hydrogen-bond acceptors (Lipinski definition) is 1. The highest BCUT2D eigenvalue weighted by molar-refractivity contribution is 5.79. The Morgan fingerprint density at radius 2 is 1.65 bits per heavy atom. The molecule has 1 heteroatoms. The van der Waals surface area contributed by atoms with E-state index in [1.807, 2.05) is 25.3 Å². The Hall–Kier alpha value is -2.67. The molecule has 23 heavy (non-hydrogen) atoms. The van der Waals surface area contributed by atoms with Crippen LogP contribution in [0.15, 0.2) is 73.4 Å². The van der Waals surface area contributed by atoms with E-state index in [0.29, 0.717) is 0 Å². The molecule has 2 aromatic carbocycles. The molecule has 0 aliphatic carbocycles. The predicted molar refractivity (Wildman–Crippen MR) is 99.2 cm³/mol. The summed E-state index contributed by atoms with van der Waals surface area (Å²) in [6.07, 6.45) is 2.98. The lowest BCUT2D eigenvalue weighted by molar-refractivity contribution is 1.12. The number of pyridine rings is 1.